The molecule has 0 aromatic rings. The van der Waals surface area contributed by atoms with Crippen LogP contribution in [0.5, 0.6) is 0 Å². The summed E-state index contributed by atoms with van der Waals surface area (Å²) in [6.07, 6.45) is 0. The summed E-state index contributed by atoms with van der Waals surface area (Å²) in [5.41, 5.74) is 2.14. The van der Waals surface area contributed by atoms with Gasteiger partial charge in [-0.15, -0.1) is 0 Å². The average molecular weight is 403 g/mol. The molecule has 0 spiro atoms. The minimum atomic E-state index is -1.49. The molecule has 0 saturated carbocycles. The zero-order valence-electron chi connectivity index (χ0n) is 18.8. The maximum absolute atomic E-state index is 5.08. The van der Waals surface area contributed by atoms with Crippen molar-refractivity contribution in [2.45, 2.75) is 92.4 Å². The maximum atomic E-state index is 5.08. The van der Waals surface area contributed by atoms with Gasteiger partial charge in [-0.25, -0.2) is 0 Å². The molecule has 0 aliphatic carbocycles. The lowest BCUT2D eigenvalue weighted by atomic mass is 10.3. The molecule has 4 nitrogen and oxygen atoms in total. The molecule has 0 amide bonds. The van der Waals surface area contributed by atoms with E-state index >= 15 is 0 Å². The summed E-state index contributed by atoms with van der Waals surface area (Å²) in [5, 5.41) is 10.2. The van der Waals surface area contributed by atoms with Crippen molar-refractivity contribution in [3.05, 3.63) is 0 Å². The molecule has 0 aromatic heterocycles. The van der Waals surface area contributed by atoms with E-state index in [4.69, 9.17) is 10.2 Å². The Balaban J connectivity index is 5.88. The molecular formula is C16H42N4Si4. The molecule has 0 aliphatic rings. The van der Waals surface area contributed by atoms with Crippen LogP contribution in [0.1, 0.15) is 13.8 Å². The number of rotatable bonds is 7. The highest BCUT2D eigenvalue weighted by atomic mass is 28.4. The van der Waals surface area contributed by atoms with Gasteiger partial charge in [0.2, 0.25) is 0 Å². The van der Waals surface area contributed by atoms with Gasteiger partial charge in [0.05, 0.1) is 11.4 Å². The van der Waals surface area contributed by atoms with Gasteiger partial charge in [0.1, 0.15) is 0 Å². The Morgan fingerprint density at radius 3 is 0.750 bits per heavy atom. The second-order valence-corrected chi connectivity index (χ2v) is 30.6. The zero-order chi connectivity index (χ0) is 19.7. The summed E-state index contributed by atoms with van der Waals surface area (Å²) in [6.45, 7) is 32.8. The first-order valence-electron chi connectivity index (χ1n) is 8.99. The Labute approximate surface area is 155 Å². The molecule has 0 radical (unpaired) electrons. The van der Waals surface area contributed by atoms with E-state index in [0.717, 1.165) is 11.4 Å². The summed E-state index contributed by atoms with van der Waals surface area (Å²) in [7, 11) is -5.95. The van der Waals surface area contributed by atoms with Crippen LogP contribution in [0, 0.1) is 0 Å². The quantitative estimate of drug-likeness (QED) is 0.311. The van der Waals surface area contributed by atoms with Gasteiger partial charge in [-0.2, -0.15) is 10.2 Å². The predicted octanol–water partition coefficient (Wildman–Crippen LogP) is 5.68. The second kappa shape index (κ2) is 7.59. The third-order valence-corrected chi connectivity index (χ3v) is 17.1. The number of hydrazone groups is 2. The number of nitrogens with zero attached hydrogens (tertiary/aromatic N) is 4. The minimum absolute atomic E-state index is 1.07. The van der Waals surface area contributed by atoms with Crippen molar-refractivity contribution >= 4 is 44.4 Å². The Morgan fingerprint density at radius 1 is 0.458 bits per heavy atom. The van der Waals surface area contributed by atoms with Crippen molar-refractivity contribution in [2.24, 2.45) is 10.2 Å². The van der Waals surface area contributed by atoms with Crippen LogP contribution < -0.4 is 0 Å². The van der Waals surface area contributed by atoms with Gasteiger partial charge in [-0.05, 0) is 13.8 Å². The molecule has 0 aromatic carbocycles. The largest absolute Gasteiger partial charge is 0.350 e. The highest BCUT2D eigenvalue weighted by Gasteiger charge is 2.35. The van der Waals surface area contributed by atoms with Gasteiger partial charge >= 0.3 is 0 Å². The summed E-state index contributed by atoms with van der Waals surface area (Å²) in [5.74, 6) is 0. The molecule has 0 atom stereocenters. The third kappa shape index (κ3) is 7.36. The van der Waals surface area contributed by atoms with Gasteiger partial charge in [0.25, 0.3) is 0 Å². The summed E-state index contributed by atoms with van der Waals surface area (Å²) >= 11 is 0. The Kier molecular flexibility index (Phi) is 7.53. The van der Waals surface area contributed by atoms with Crippen molar-refractivity contribution in [3.8, 4) is 0 Å². The van der Waals surface area contributed by atoms with Crippen molar-refractivity contribution in [3.63, 3.8) is 0 Å². The molecule has 0 N–H and O–H groups in total. The van der Waals surface area contributed by atoms with Crippen molar-refractivity contribution in [1.29, 1.82) is 0 Å². The highest BCUT2D eigenvalue weighted by Crippen LogP contribution is 2.22. The molecule has 0 rings (SSSR count). The van der Waals surface area contributed by atoms with Crippen molar-refractivity contribution < 1.29 is 0 Å². The minimum Gasteiger partial charge on any atom is -0.350 e. The van der Waals surface area contributed by atoms with Gasteiger partial charge in [-0.3, -0.25) is 0 Å². The molecule has 0 heterocycles. The Hall–Kier alpha value is -0.192. The van der Waals surface area contributed by atoms with Gasteiger partial charge in [0, 0.05) is 0 Å². The lowest BCUT2D eigenvalue weighted by Gasteiger charge is -2.43. The SMILES string of the molecule is CC(=NN([Si](C)(C)C)[Si](C)(C)C)C(C)=NN([Si](C)(C)C)[Si](C)(C)C. The average Bonchev–Trinajstić information content (AvgIpc) is 2.26. The van der Waals surface area contributed by atoms with Crippen LogP contribution in [0.3, 0.4) is 0 Å². The van der Waals surface area contributed by atoms with Crippen LogP contribution in [0.2, 0.25) is 78.6 Å². The number of hydrogen-bond acceptors (Lipinski definition) is 4. The lowest BCUT2D eigenvalue weighted by Crippen LogP contribution is -2.57. The molecule has 0 bridgehead atoms. The second-order valence-electron chi connectivity index (χ2n) is 10.7. The van der Waals surface area contributed by atoms with Gasteiger partial charge in [0.15, 0.2) is 32.9 Å². The highest BCUT2D eigenvalue weighted by molar-refractivity contribution is 6.90. The van der Waals surface area contributed by atoms with E-state index in [-0.39, 0.29) is 0 Å². The molecule has 0 unspecified atom stereocenters. The van der Waals surface area contributed by atoms with E-state index in [0.29, 0.717) is 0 Å². The van der Waals surface area contributed by atoms with Crippen LogP contribution in [0.25, 0.3) is 0 Å². The predicted molar refractivity (Wildman–Crippen MR) is 123 cm³/mol. The molecule has 0 aliphatic heterocycles. The first-order valence-corrected chi connectivity index (χ1v) is 22.8. The lowest BCUT2D eigenvalue weighted by molar-refractivity contribution is 0.659. The molecule has 8 heteroatoms. The number of hydrogen-bond donors (Lipinski definition) is 0. The van der Waals surface area contributed by atoms with Crippen LogP contribution in [-0.2, 0) is 0 Å². The van der Waals surface area contributed by atoms with Gasteiger partial charge in [-0.1, -0.05) is 78.6 Å². The Morgan fingerprint density at radius 2 is 0.625 bits per heavy atom. The molecule has 24 heavy (non-hydrogen) atoms. The first-order chi connectivity index (χ1) is 10.3. The van der Waals surface area contributed by atoms with E-state index in [1.807, 2.05) is 0 Å². The van der Waals surface area contributed by atoms with Crippen LogP contribution in [0.15, 0.2) is 10.2 Å². The summed E-state index contributed by atoms with van der Waals surface area (Å²) < 4.78 is 4.95. The van der Waals surface area contributed by atoms with E-state index < -0.39 is 32.9 Å². The normalized spacial score (nSPS) is 15.6. The van der Waals surface area contributed by atoms with Crippen LogP contribution in [-0.4, -0.2) is 53.0 Å². The smallest absolute Gasteiger partial charge is 0.158 e. The van der Waals surface area contributed by atoms with Gasteiger partial charge < -0.3 is 8.68 Å². The fourth-order valence-corrected chi connectivity index (χ4v) is 21.0. The van der Waals surface area contributed by atoms with E-state index in [1.165, 1.54) is 0 Å². The molecule has 0 saturated heterocycles. The van der Waals surface area contributed by atoms with E-state index in [1.54, 1.807) is 0 Å². The van der Waals surface area contributed by atoms with E-state index in [9.17, 15) is 0 Å². The van der Waals surface area contributed by atoms with Crippen molar-refractivity contribution in [2.75, 3.05) is 0 Å². The third-order valence-electron chi connectivity index (χ3n) is 3.57. The van der Waals surface area contributed by atoms with Crippen LogP contribution >= 0.6 is 0 Å². The van der Waals surface area contributed by atoms with E-state index in [2.05, 4.69) is 101 Å². The Bertz CT molecular complexity index is 414. The fraction of sp³-hybridized carbons (Fsp3) is 0.875. The van der Waals surface area contributed by atoms with Crippen LogP contribution in [0.4, 0.5) is 0 Å². The first kappa shape index (κ1) is 23.8. The topological polar surface area (TPSA) is 31.2 Å². The molecule has 0 fully saturated rings. The fourth-order valence-electron chi connectivity index (χ4n) is 3.06. The van der Waals surface area contributed by atoms with Crippen molar-refractivity contribution in [1.82, 2.24) is 8.68 Å². The summed E-state index contributed by atoms with van der Waals surface area (Å²) in [4.78, 5) is 0. The zero-order valence-corrected chi connectivity index (χ0v) is 22.8. The standard InChI is InChI=1S/C16H42N4Si4/c1-15(17-19(21(3,4)5)22(6,7)8)16(2)18-20(23(9,10)11)24(12,13)14/h1-14H3. The monoisotopic (exact) mass is 402 g/mol. The summed E-state index contributed by atoms with van der Waals surface area (Å²) in [6, 6.07) is 0. The molecule has 142 valence electrons. The molecular weight excluding hydrogens is 361 g/mol. The maximum Gasteiger partial charge on any atom is 0.158 e.